The number of rotatable bonds is 5. The van der Waals surface area contributed by atoms with Crippen molar-refractivity contribution in [2.24, 2.45) is 5.73 Å². The average molecular weight is 264 g/mol. The Labute approximate surface area is 115 Å². The summed E-state index contributed by atoms with van der Waals surface area (Å²) in [6.45, 7) is 2.19. The molecule has 1 aromatic rings. The molecule has 1 aliphatic heterocycles. The molecule has 1 fully saturated rings. The Morgan fingerprint density at radius 2 is 2.16 bits per heavy atom. The van der Waals surface area contributed by atoms with Crippen molar-refractivity contribution in [3.05, 3.63) is 35.9 Å². The van der Waals surface area contributed by atoms with E-state index in [4.69, 9.17) is 10.5 Å². The number of ether oxygens (including phenoxy) is 1. The molecule has 0 saturated carbocycles. The number of β-amino-alcohol motifs (C(OH)–C–C–N with tert-alkyl or cyclic N) is 1. The van der Waals surface area contributed by atoms with E-state index in [1.54, 1.807) is 7.11 Å². The highest BCUT2D eigenvalue weighted by Crippen LogP contribution is 2.22. The van der Waals surface area contributed by atoms with Crippen LogP contribution in [-0.2, 0) is 4.74 Å². The minimum Gasteiger partial charge on any atom is -0.387 e. The number of aliphatic hydroxyl groups is 1. The molecule has 0 amide bonds. The molecule has 0 spiro atoms. The van der Waals surface area contributed by atoms with Gasteiger partial charge < -0.3 is 15.6 Å². The lowest BCUT2D eigenvalue weighted by Gasteiger charge is -2.39. The van der Waals surface area contributed by atoms with E-state index in [1.165, 1.54) is 0 Å². The number of piperidine rings is 1. The van der Waals surface area contributed by atoms with Gasteiger partial charge in [0.15, 0.2) is 0 Å². The Balaban J connectivity index is 1.94. The van der Waals surface area contributed by atoms with Gasteiger partial charge in [0.05, 0.1) is 12.2 Å². The van der Waals surface area contributed by atoms with Crippen LogP contribution >= 0.6 is 0 Å². The standard InChI is InChI=1S/C15H24N2O2/c1-19-14-7-8-17(13(9-14)10-16)11-15(18)12-5-3-2-4-6-12/h2-6,13-15,18H,7-11,16H2,1H3. The summed E-state index contributed by atoms with van der Waals surface area (Å²) in [6, 6.07) is 10.1. The largest absolute Gasteiger partial charge is 0.387 e. The zero-order valence-corrected chi connectivity index (χ0v) is 11.5. The molecule has 1 aliphatic rings. The maximum Gasteiger partial charge on any atom is 0.0917 e. The van der Waals surface area contributed by atoms with Crippen LogP contribution < -0.4 is 5.73 Å². The zero-order valence-electron chi connectivity index (χ0n) is 11.5. The predicted octanol–water partition coefficient (Wildman–Crippen LogP) is 1.16. The number of methoxy groups -OCH3 is 1. The van der Waals surface area contributed by atoms with Gasteiger partial charge in [0.25, 0.3) is 0 Å². The van der Waals surface area contributed by atoms with Crippen LogP contribution in [0.4, 0.5) is 0 Å². The van der Waals surface area contributed by atoms with Crippen LogP contribution in [0.1, 0.15) is 24.5 Å². The Morgan fingerprint density at radius 3 is 2.79 bits per heavy atom. The van der Waals surface area contributed by atoms with Gasteiger partial charge in [0, 0.05) is 32.8 Å². The van der Waals surface area contributed by atoms with Crippen LogP contribution in [0.5, 0.6) is 0 Å². The highest BCUT2D eigenvalue weighted by Gasteiger charge is 2.28. The number of nitrogens with zero attached hydrogens (tertiary/aromatic N) is 1. The van der Waals surface area contributed by atoms with Crippen molar-refractivity contribution in [2.75, 3.05) is 26.7 Å². The molecule has 4 heteroatoms. The van der Waals surface area contributed by atoms with E-state index in [-0.39, 0.29) is 0 Å². The van der Waals surface area contributed by atoms with E-state index in [0.717, 1.165) is 24.9 Å². The van der Waals surface area contributed by atoms with Gasteiger partial charge in [-0.15, -0.1) is 0 Å². The fourth-order valence-corrected chi connectivity index (χ4v) is 2.77. The zero-order chi connectivity index (χ0) is 13.7. The maximum atomic E-state index is 10.3. The summed E-state index contributed by atoms with van der Waals surface area (Å²) in [5.41, 5.74) is 6.81. The normalized spacial score (nSPS) is 26.3. The van der Waals surface area contributed by atoms with Gasteiger partial charge in [-0.1, -0.05) is 30.3 Å². The van der Waals surface area contributed by atoms with Gasteiger partial charge >= 0.3 is 0 Å². The first kappa shape index (κ1) is 14.5. The van der Waals surface area contributed by atoms with Crippen molar-refractivity contribution in [2.45, 2.75) is 31.1 Å². The third-order valence-corrected chi connectivity index (χ3v) is 3.99. The van der Waals surface area contributed by atoms with Gasteiger partial charge in [-0.05, 0) is 18.4 Å². The van der Waals surface area contributed by atoms with Crippen LogP contribution in [0.15, 0.2) is 30.3 Å². The monoisotopic (exact) mass is 264 g/mol. The van der Waals surface area contributed by atoms with Crippen molar-refractivity contribution in [3.8, 4) is 0 Å². The molecule has 0 bridgehead atoms. The second-order valence-corrected chi connectivity index (χ2v) is 5.19. The molecule has 3 N–H and O–H groups in total. The Hall–Kier alpha value is -0.940. The number of aliphatic hydroxyl groups excluding tert-OH is 1. The maximum absolute atomic E-state index is 10.3. The molecule has 3 unspecified atom stereocenters. The molecule has 2 rings (SSSR count). The van der Waals surface area contributed by atoms with Crippen molar-refractivity contribution in [1.29, 1.82) is 0 Å². The molecule has 106 valence electrons. The molecule has 0 radical (unpaired) electrons. The summed E-state index contributed by atoms with van der Waals surface area (Å²) >= 11 is 0. The molecular weight excluding hydrogens is 240 g/mol. The van der Waals surface area contributed by atoms with Crippen molar-refractivity contribution >= 4 is 0 Å². The quantitative estimate of drug-likeness (QED) is 0.838. The number of likely N-dealkylation sites (tertiary alicyclic amines) is 1. The topological polar surface area (TPSA) is 58.7 Å². The van der Waals surface area contributed by atoms with E-state index >= 15 is 0 Å². The first-order chi connectivity index (χ1) is 9.24. The molecule has 19 heavy (non-hydrogen) atoms. The Kier molecular flexibility index (Phi) is 5.34. The smallest absolute Gasteiger partial charge is 0.0917 e. The third kappa shape index (κ3) is 3.76. The number of benzene rings is 1. The van der Waals surface area contributed by atoms with E-state index in [1.807, 2.05) is 30.3 Å². The van der Waals surface area contributed by atoms with Gasteiger partial charge in [0.1, 0.15) is 0 Å². The number of nitrogens with two attached hydrogens (primary N) is 1. The van der Waals surface area contributed by atoms with Gasteiger partial charge in [-0.2, -0.15) is 0 Å². The van der Waals surface area contributed by atoms with E-state index in [0.29, 0.717) is 25.2 Å². The Bertz CT molecular complexity index is 372. The summed E-state index contributed by atoms with van der Waals surface area (Å²) in [7, 11) is 1.76. The number of hydrogen-bond donors (Lipinski definition) is 2. The fourth-order valence-electron chi connectivity index (χ4n) is 2.77. The number of hydrogen-bond acceptors (Lipinski definition) is 4. The molecule has 0 aliphatic carbocycles. The first-order valence-electron chi connectivity index (χ1n) is 6.94. The lowest BCUT2D eigenvalue weighted by Crippen LogP contribution is -2.49. The van der Waals surface area contributed by atoms with Crippen LogP contribution in [0.25, 0.3) is 0 Å². The van der Waals surface area contributed by atoms with Crippen LogP contribution in [0.2, 0.25) is 0 Å². The molecule has 4 nitrogen and oxygen atoms in total. The second kappa shape index (κ2) is 7.01. The first-order valence-corrected chi connectivity index (χ1v) is 6.94. The lowest BCUT2D eigenvalue weighted by atomic mass is 9.98. The molecule has 1 saturated heterocycles. The van der Waals surface area contributed by atoms with Crippen molar-refractivity contribution in [1.82, 2.24) is 4.90 Å². The second-order valence-electron chi connectivity index (χ2n) is 5.19. The fraction of sp³-hybridized carbons (Fsp3) is 0.600. The minimum absolute atomic E-state index is 0.303. The lowest BCUT2D eigenvalue weighted by molar-refractivity contribution is -0.00442. The highest BCUT2D eigenvalue weighted by molar-refractivity contribution is 5.17. The predicted molar refractivity (Wildman–Crippen MR) is 75.8 cm³/mol. The van der Waals surface area contributed by atoms with Crippen molar-refractivity contribution in [3.63, 3.8) is 0 Å². The Morgan fingerprint density at radius 1 is 1.42 bits per heavy atom. The third-order valence-electron chi connectivity index (χ3n) is 3.99. The van der Waals surface area contributed by atoms with Crippen LogP contribution in [0.3, 0.4) is 0 Å². The van der Waals surface area contributed by atoms with E-state index < -0.39 is 6.10 Å². The molecule has 0 aromatic heterocycles. The summed E-state index contributed by atoms with van der Waals surface area (Å²) in [4.78, 5) is 2.28. The summed E-state index contributed by atoms with van der Waals surface area (Å²) < 4.78 is 5.42. The molecule has 1 heterocycles. The van der Waals surface area contributed by atoms with E-state index in [9.17, 15) is 5.11 Å². The summed E-state index contributed by atoms with van der Waals surface area (Å²) in [5.74, 6) is 0. The average Bonchev–Trinajstić information content (AvgIpc) is 2.48. The molecule has 3 atom stereocenters. The minimum atomic E-state index is -0.450. The highest BCUT2D eigenvalue weighted by atomic mass is 16.5. The van der Waals surface area contributed by atoms with Crippen molar-refractivity contribution < 1.29 is 9.84 Å². The summed E-state index contributed by atoms with van der Waals surface area (Å²) in [6.07, 6.45) is 1.82. The van der Waals surface area contributed by atoms with Crippen LogP contribution in [-0.4, -0.2) is 48.9 Å². The van der Waals surface area contributed by atoms with Gasteiger partial charge in [-0.25, -0.2) is 0 Å². The van der Waals surface area contributed by atoms with E-state index in [2.05, 4.69) is 4.90 Å². The molecule has 1 aromatic carbocycles. The van der Waals surface area contributed by atoms with Crippen LogP contribution in [0, 0.1) is 0 Å². The molecular formula is C15H24N2O2. The van der Waals surface area contributed by atoms with Gasteiger partial charge in [-0.3, -0.25) is 4.90 Å². The van der Waals surface area contributed by atoms with Gasteiger partial charge in [0.2, 0.25) is 0 Å². The SMILES string of the molecule is COC1CCN(CC(O)c2ccccc2)C(CN)C1. The summed E-state index contributed by atoms with van der Waals surface area (Å²) in [5, 5.41) is 10.3.